The number of aromatic carboxylic acids is 1. The van der Waals surface area contributed by atoms with Gasteiger partial charge in [-0.25, -0.2) is 4.79 Å². The molecule has 0 unspecified atom stereocenters. The highest BCUT2D eigenvalue weighted by atomic mass is 32.1. The Bertz CT molecular complexity index is 791. The van der Waals surface area contributed by atoms with E-state index in [0.717, 1.165) is 0 Å². The van der Waals surface area contributed by atoms with E-state index in [9.17, 15) is 9.59 Å². The second-order valence-electron chi connectivity index (χ2n) is 3.72. The van der Waals surface area contributed by atoms with E-state index in [1.165, 1.54) is 24.3 Å². The first kappa shape index (κ1) is 13.6. The Kier molecular flexibility index (Phi) is 3.71. The van der Waals surface area contributed by atoms with Crippen LogP contribution >= 0.6 is 12.2 Å². The largest absolute Gasteiger partial charge is 0.478 e. The lowest BCUT2D eigenvalue weighted by Crippen LogP contribution is -2.09. The number of hydrogen-bond donors (Lipinski definition) is 4. The molecular weight excluding hydrogens is 282 g/mol. The van der Waals surface area contributed by atoms with Crippen LogP contribution in [0.1, 0.15) is 10.4 Å². The molecule has 0 radical (unpaired) electrons. The number of nitrogens with two attached hydrogens (primary N) is 1. The molecule has 0 aliphatic heterocycles. The van der Waals surface area contributed by atoms with Gasteiger partial charge in [0, 0.05) is 0 Å². The molecule has 0 bridgehead atoms. The van der Waals surface area contributed by atoms with Crippen molar-refractivity contribution in [2.24, 2.45) is 10.2 Å². The molecule has 0 saturated carbocycles. The maximum atomic E-state index is 11.6. The molecule has 0 fully saturated rings. The molecule has 0 aliphatic carbocycles. The average molecular weight is 291 g/mol. The second kappa shape index (κ2) is 5.45. The number of nitrogens with one attached hydrogen (secondary N) is 2. The molecule has 1 aromatic carbocycles. The van der Waals surface area contributed by atoms with Gasteiger partial charge < -0.3 is 15.8 Å². The summed E-state index contributed by atoms with van der Waals surface area (Å²) in [6, 6.07) is 5.68. The van der Waals surface area contributed by atoms with Crippen LogP contribution in [-0.4, -0.2) is 21.0 Å². The van der Waals surface area contributed by atoms with Gasteiger partial charge in [-0.1, -0.05) is 0 Å². The standard InChI is InChI=1S/C11H9N5O3S/c12-8-7(9(17)14-11(20)13-8)16-15-6-3-1-5(2-4-6)10(18)19/h1-4H,(H,18,19)(H4,12,13,14,17,20). The van der Waals surface area contributed by atoms with Gasteiger partial charge in [0.2, 0.25) is 0 Å². The lowest BCUT2D eigenvalue weighted by atomic mass is 10.2. The fraction of sp³-hybridized carbons (Fsp3) is 0. The molecule has 2 rings (SSSR count). The minimum Gasteiger partial charge on any atom is -0.478 e. The molecule has 20 heavy (non-hydrogen) atoms. The van der Waals surface area contributed by atoms with Crippen molar-refractivity contribution in [1.29, 1.82) is 0 Å². The molecular formula is C11H9N5O3S. The third-order valence-corrected chi connectivity index (χ3v) is 2.53. The lowest BCUT2D eigenvalue weighted by Gasteiger charge is -1.98. The Balaban J connectivity index is 2.32. The average Bonchev–Trinajstić information content (AvgIpc) is 2.38. The molecule has 0 saturated heterocycles. The predicted octanol–water partition coefficient (Wildman–Crippen LogP) is 2.13. The van der Waals surface area contributed by atoms with Crippen LogP contribution in [0.2, 0.25) is 0 Å². The Morgan fingerprint density at radius 2 is 1.85 bits per heavy atom. The number of hydrogen-bond acceptors (Lipinski definition) is 6. The zero-order chi connectivity index (χ0) is 14.7. The van der Waals surface area contributed by atoms with E-state index >= 15 is 0 Å². The van der Waals surface area contributed by atoms with Gasteiger partial charge in [0.1, 0.15) is 5.82 Å². The highest BCUT2D eigenvalue weighted by Gasteiger charge is 2.05. The topological polar surface area (TPSA) is 137 Å². The van der Waals surface area contributed by atoms with Crippen LogP contribution in [0.25, 0.3) is 0 Å². The van der Waals surface area contributed by atoms with Gasteiger partial charge in [-0.2, -0.15) is 5.11 Å². The van der Waals surface area contributed by atoms with Crippen LogP contribution < -0.4 is 11.3 Å². The molecule has 9 heteroatoms. The number of carboxylic acid groups (broad SMARTS) is 1. The first-order chi connectivity index (χ1) is 9.47. The third-order valence-electron chi connectivity index (χ3n) is 2.33. The first-order valence-electron chi connectivity index (χ1n) is 5.34. The van der Waals surface area contributed by atoms with Crippen molar-refractivity contribution in [2.75, 3.05) is 5.73 Å². The SMILES string of the molecule is Nc1[nH]c(=S)[nH]c(=O)c1N=Nc1ccc(C(=O)O)cc1. The molecule has 0 atom stereocenters. The molecule has 0 amide bonds. The highest BCUT2D eigenvalue weighted by Crippen LogP contribution is 2.19. The number of benzene rings is 1. The van der Waals surface area contributed by atoms with E-state index in [-0.39, 0.29) is 21.8 Å². The minimum absolute atomic E-state index is 0.00431. The zero-order valence-corrected chi connectivity index (χ0v) is 10.8. The summed E-state index contributed by atoms with van der Waals surface area (Å²) in [5.74, 6) is -1.03. The van der Waals surface area contributed by atoms with Crippen LogP contribution in [0.4, 0.5) is 17.2 Å². The molecule has 0 spiro atoms. The second-order valence-corrected chi connectivity index (χ2v) is 4.13. The van der Waals surface area contributed by atoms with E-state index < -0.39 is 11.5 Å². The number of aromatic amines is 2. The quantitative estimate of drug-likeness (QED) is 0.507. The summed E-state index contributed by atoms with van der Waals surface area (Å²) < 4.78 is 0.0947. The number of H-pyrrole nitrogens is 2. The molecule has 8 nitrogen and oxygen atoms in total. The summed E-state index contributed by atoms with van der Waals surface area (Å²) in [4.78, 5) is 27.1. The Labute approximate surface area is 117 Å². The van der Waals surface area contributed by atoms with E-state index in [0.29, 0.717) is 5.69 Å². The van der Waals surface area contributed by atoms with Crippen molar-refractivity contribution in [2.45, 2.75) is 0 Å². The number of carbonyl (C=O) groups is 1. The summed E-state index contributed by atoms with van der Waals surface area (Å²) >= 11 is 4.74. The molecule has 102 valence electrons. The lowest BCUT2D eigenvalue weighted by molar-refractivity contribution is 0.0697. The van der Waals surface area contributed by atoms with E-state index in [2.05, 4.69) is 20.2 Å². The number of azo groups is 1. The molecule has 1 aromatic heterocycles. The van der Waals surface area contributed by atoms with Gasteiger partial charge in [-0.05, 0) is 36.5 Å². The Morgan fingerprint density at radius 3 is 2.40 bits per heavy atom. The monoisotopic (exact) mass is 291 g/mol. The van der Waals surface area contributed by atoms with Gasteiger partial charge >= 0.3 is 5.97 Å². The number of nitrogen functional groups attached to an aromatic ring is 1. The zero-order valence-electron chi connectivity index (χ0n) is 9.95. The Morgan fingerprint density at radius 1 is 1.20 bits per heavy atom. The summed E-state index contributed by atoms with van der Waals surface area (Å²) in [7, 11) is 0. The number of nitrogens with zero attached hydrogens (tertiary/aromatic N) is 2. The van der Waals surface area contributed by atoms with Gasteiger partial charge in [-0.3, -0.25) is 9.78 Å². The number of anilines is 1. The van der Waals surface area contributed by atoms with Crippen molar-refractivity contribution in [3.8, 4) is 0 Å². The summed E-state index contributed by atoms with van der Waals surface area (Å²) in [5.41, 5.74) is 5.44. The van der Waals surface area contributed by atoms with Crippen molar-refractivity contribution < 1.29 is 9.90 Å². The van der Waals surface area contributed by atoms with Crippen molar-refractivity contribution in [1.82, 2.24) is 9.97 Å². The van der Waals surface area contributed by atoms with E-state index in [1.54, 1.807) is 0 Å². The van der Waals surface area contributed by atoms with Crippen molar-refractivity contribution in [3.05, 3.63) is 45.0 Å². The van der Waals surface area contributed by atoms with Crippen LogP contribution in [0, 0.1) is 4.77 Å². The van der Waals surface area contributed by atoms with Crippen molar-refractivity contribution >= 4 is 35.4 Å². The van der Waals surface area contributed by atoms with Crippen LogP contribution in [0.15, 0.2) is 39.3 Å². The maximum absolute atomic E-state index is 11.6. The highest BCUT2D eigenvalue weighted by molar-refractivity contribution is 7.71. The maximum Gasteiger partial charge on any atom is 0.335 e. The Hall–Kier alpha value is -2.81. The van der Waals surface area contributed by atoms with Gasteiger partial charge in [0.25, 0.3) is 5.56 Å². The summed E-state index contributed by atoms with van der Waals surface area (Å²) in [6.45, 7) is 0. The first-order valence-corrected chi connectivity index (χ1v) is 5.75. The number of rotatable bonds is 3. The minimum atomic E-state index is -1.04. The third kappa shape index (κ3) is 2.95. The van der Waals surface area contributed by atoms with Gasteiger partial charge in [-0.15, -0.1) is 5.11 Å². The normalized spacial score (nSPS) is 10.8. The van der Waals surface area contributed by atoms with Crippen LogP contribution in [-0.2, 0) is 0 Å². The molecule has 5 N–H and O–H groups in total. The molecule has 0 aliphatic rings. The number of carboxylic acids is 1. The van der Waals surface area contributed by atoms with E-state index in [4.69, 9.17) is 23.1 Å². The fourth-order valence-electron chi connectivity index (χ4n) is 1.38. The van der Waals surface area contributed by atoms with Crippen LogP contribution in [0.3, 0.4) is 0 Å². The fourth-order valence-corrected chi connectivity index (χ4v) is 1.58. The molecule has 2 aromatic rings. The van der Waals surface area contributed by atoms with Crippen molar-refractivity contribution in [3.63, 3.8) is 0 Å². The predicted molar refractivity (Wildman–Crippen MR) is 74.2 cm³/mol. The summed E-state index contributed by atoms with van der Waals surface area (Å²) in [6.07, 6.45) is 0. The van der Waals surface area contributed by atoms with Gasteiger partial charge in [0.15, 0.2) is 10.5 Å². The van der Waals surface area contributed by atoms with Crippen LogP contribution in [0.5, 0.6) is 0 Å². The summed E-state index contributed by atoms with van der Waals surface area (Å²) in [5, 5.41) is 16.3. The number of aromatic nitrogens is 2. The van der Waals surface area contributed by atoms with Gasteiger partial charge in [0.05, 0.1) is 11.3 Å². The van der Waals surface area contributed by atoms with E-state index in [1.807, 2.05) is 0 Å². The molecule has 1 heterocycles. The smallest absolute Gasteiger partial charge is 0.335 e.